The number of hydrogen-bond acceptors (Lipinski definition) is 3. The molecule has 0 spiro atoms. The molecule has 3 rings (SSSR count). The van der Waals surface area contributed by atoms with E-state index >= 15 is 0 Å². The Bertz CT molecular complexity index is 493. The van der Waals surface area contributed by atoms with Crippen LogP contribution in [-0.4, -0.2) is 16.6 Å². The van der Waals surface area contributed by atoms with Crippen molar-refractivity contribution in [1.29, 1.82) is 0 Å². The summed E-state index contributed by atoms with van der Waals surface area (Å²) in [5, 5.41) is 4.19. The maximum atomic E-state index is 11.7. The zero-order chi connectivity index (χ0) is 11.7. The van der Waals surface area contributed by atoms with Crippen LogP contribution in [0.1, 0.15) is 23.3 Å². The van der Waals surface area contributed by atoms with Gasteiger partial charge in [0, 0.05) is 17.8 Å². The molecule has 1 N–H and O–H groups in total. The van der Waals surface area contributed by atoms with E-state index < -0.39 is 0 Å². The van der Waals surface area contributed by atoms with Gasteiger partial charge in [-0.1, -0.05) is 18.2 Å². The van der Waals surface area contributed by atoms with E-state index in [2.05, 4.69) is 27.7 Å². The number of fused-ring (bicyclic) bond motifs is 1. The van der Waals surface area contributed by atoms with Crippen molar-refractivity contribution in [2.24, 2.45) is 16.9 Å². The van der Waals surface area contributed by atoms with Gasteiger partial charge < -0.3 is 0 Å². The molecule has 1 aromatic heterocycles. The number of hydrazone groups is 1. The lowest BCUT2D eigenvalue weighted by molar-refractivity contribution is 0.0949. The van der Waals surface area contributed by atoms with Gasteiger partial charge >= 0.3 is 0 Å². The molecule has 1 saturated carbocycles. The van der Waals surface area contributed by atoms with Crippen molar-refractivity contribution < 1.29 is 4.79 Å². The molecule has 4 heteroatoms. The van der Waals surface area contributed by atoms with E-state index in [9.17, 15) is 4.79 Å². The van der Waals surface area contributed by atoms with Gasteiger partial charge in [0.05, 0.1) is 0 Å². The number of nitrogens with zero attached hydrogens (tertiary/aromatic N) is 2. The van der Waals surface area contributed by atoms with Crippen molar-refractivity contribution in [3.05, 3.63) is 42.2 Å². The minimum atomic E-state index is -0.243. The zero-order valence-electron chi connectivity index (χ0n) is 9.34. The predicted molar refractivity (Wildman–Crippen MR) is 64.5 cm³/mol. The Morgan fingerprint density at radius 1 is 1.47 bits per heavy atom. The van der Waals surface area contributed by atoms with Gasteiger partial charge in [-0.2, -0.15) is 5.10 Å². The summed E-state index contributed by atoms with van der Waals surface area (Å²) in [6.07, 6.45) is 8.07. The Morgan fingerprint density at radius 3 is 3.18 bits per heavy atom. The molecule has 0 radical (unpaired) electrons. The number of amides is 1. The van der Waals surface area contributed by atoms with E-state index in [1.165, 1.54) is 0 Å². The van der Waals surface area contributed by atoms with Crippen molar-refractivity contribution in [3.8, 4) is 0 Å². The van der Waals surface area contributed by atoms with Crippen molar-refractivity contribution in [1.82, 2.24) is 10.4 Å². The van der Waals surface area contributed by atoms with Gasteiger partial charge in [-0.25, -0.2) is 5.43 Å². The van der Waals surface area contributed by atoms with Crippen LogP contribution in [0.15, 0.2) is 41.6 Å². The van der Waals surface area contributed by atoms with E-state index in [0.717, 1.165) is 18.6 Å². The number of aromatic nitrogens is 1. The zero-order valence-corrected chi connectivity index (χ0v) is 9.34. The Balaban J connectivity index is 1.62. The quantitative estimate of drug-likeness (QED) is 0.618. The molecule has 1 aromatic rings. The average molecular weight is 227 g/mol. The predicted octanol–water partition coefficient (Wildman–Crippen LogP) is 1.76. The minimum absolute atomic E-state index is 0.243. The molecule has 1 amide bonds. The molecule has 4 nitrogen and oxygen atoms in total. The highest BCUT2D eigenvalue weighted by Gasteiger charge is 2.37. The largest absolute Gasteiger partial charge is 0.289 e. The molecule has 0 saturated heterocycles. The van der Waals surface area contributed by atoms with Gasteiger partial charge in [0.2, 0.25) is 0 Å². The summed E-state index contributed by atoms with van der Waals surface area (Å²) in [5.41, 5.74) is 4.07. The first kappa shape index (κ1) is 10.2. The summed E-state index contributed by atoms with van der Waals surface area (Å²) in [4.78, 5) is 15.7. The Kier molecular flexibility index (Phi) is 2.48. The van der Waals surface area contributed by atoms with Crippen molar-refractivity contribution >= 4 is 11.6 Å². The maximum absolute atomic E-state index is 11.7. The lowest BCUT2D eigenvalue weighted by atomic mass is 9.74. The molecule has 0 bridgehead atoms. The number of rotatable bonds is 2. The van der Waals surface area contributed by atoms with Gasteiger partial charge in [-0.3, -0.25) is 9.78 Å². The fourth-order valence-electron chi connectivity index (χ4n) is 2.34. The molecule has 86 valence electrons. The molecule has 17 heavy (non-hydrogen) atoms. The van der Waals surface area contributed by atoms with Crippen LogP contribution in [0.5, 0.6) is 0 Å². The van der Waals surface area contributed by atoms with Crippen molar-refractivity contribution in [2.45, 2.75) is 12.8 Å². The highest BCUT2D eigenvalue weighted by Crippen LogP contribution is 2.39. The van der Waals surface area contributed by atoms with Gasteiger partial charge in [-0.15, -0.1) is 0 Å². The second-order valence-corrected chi connectivity index (χ2v) is 4.40. The Morgan fingerprint density at radius 2 is 2.41 bits per heavy atom. The lowest BCUT2D eigenvalue weighted by Gasteiger charge is -2.31. The summed E-state index contributed by atoms with van der Waals surface area (Å²) in [7, 11) is 0. The van der Waals surface area contributed by atoms with Crippen LogP contribution in [0.4, 0.5) is 0 Å². The number of carbonyl (C=O) groups is 1. The summed E-state index contributed by atoms with van der Waals surface area (Å²) in [6, 6.07) is 5.24. The third-order valence-corrected chi connectivity index (χ3v) is 3.36. The van der Waals surface area contributed by atoms with Crippen LogP contribution < -0.4 is 5.43 Å². The van der Waals surface area contributed by atoms with E-state index in [-0.39, 0.29) is 5.91 Å². The van der Waals surface area contributed by atoms with Crippen molar-refractivity contribution in [3.63, 3.8) is 0 Å². The number of hydrogen-bond donors (Lipinski definition) is 1. The van der Waals surface area contributed by atoms with Gasteiger partial charge in [-0.05, 0) is 30.9 Å². The van der Waals surface area contributed by atoms with Gasteiger partial charge in [0.1, 0.15) is 5.69 Å². The average Bonchev–Trinajstić information content (AvgIpc) is 2.72. The maximum Gasteiger partial charge on any atom is 0.289 e. The molecule has 1 fully saturated rings. The molecular weight excluding hydrogens is 214 g/mol. The molecule has 1 heterocycles. The summed E-state index contributed by atoms with van der Waals surface area (Å²) >= 11 is 0. The highest BCUT2D eigenvalue weighted by molar-refractivity contribution is 5.97. The summed E-state index contributed by atoms with van der Waals surface area (Å²) < 4.78 is 0. The Labute approximate surface area is 99.4 Å². The lowest BCUT2D eigenvalue weighted by Crippen LogP contribution is -2.35. The van der Waals surface area contributed by atoms with Crippen LogP contribution in [0.25, 0.3) is 0 Å². The monoisotopic (exact) mass is 227 g/mol. The molecule has 0 aliphatic heterocycles. The fraction of sp³-hybridized carbons (Fsp3) is 0.308. The fourth-order valence-corrected chi connectivity index (χ4v) is 2.34. The second kappa shape index (κ2) is 4.13. The number of pyridine rings is 1. The van der Waals surface area contributed by atoms with Crippen molar-refractivity contribution in [2.75, 3.05) is 0 Å². The number of allylic oxidation sites excluding steroid dienone is 2. The molecule has 0 aromatic carbocycles. The second-order valence-electron chi connectivity index (χ2n) is 4.40. The molecule has 2 aliphatic carbocycles. The highest BCUT2D eigenvalue weighted by atomic mass is 16.2. The van der Waals surface area contributed by atoms with E-state index in [1.54, 1.807) is 24.4 Å². The third-order valence-electron chi connectivity index (χ3n) is 3.36. The first-order chi connectivity index (χ1) is 8.34. The van der Waals surface area contributed by atoms with Crippen LogP contribution in [0.2, 0.25) is 0 Å². The van der Waals surface area contributed by atoms with E-state index in [0.29, 0.717) is 17.5 Å². The van der Waals surface area contributed by atoms with Crippen LogP contribution in [0.3, 0.4) is 0 Å². The number of nitrogens with one attached hydrogen (secondary N) is 1. The van der Waals surface area contributed by atoms with Gasteiger partial charge in [0.25, 0.3) is 5.91 Å². The molecule has 2 atom stereocenters. The normalized spacial score (nSPS) is 27.6. The third kappa shape index (κ3) is 1.86. The minimum Gasteiger partial charge on any atom is -0.266 e. The van der Waals surface area contributed by atoms with E-state index in [4.69, 9.17) is 0 Å². The van der Waals surface area contributed by atoms with Gasteiger partial charge in [0.15, 0.2) is 0 Å². The van der Waals surface area contributed by atoms with Crippen LogP contribution >= 0.6 is 0 Å². The Hall–Kier alpha value is -1.97. The molecule has 2 aliphatic rings. The summed E-state index contributed by atoms with van der Waals surface area (Å²) in [5.74, 6) is 0.937. The first-order valence-corrected chi connectivity index (χ1v) is 5.79. The van der Waals surface area contributed by atoms with E-state index in [1.807, 2.05) is 0 Å². The standard InChI is InChI=1S/C13H13N3O/c17-13(11-6-1-2-7-14-11)16-15-12-8-9-4-3-5-10(9)12/h1-4,6-7,9-10H,5,8H2,(H,16,17)/b15-12-/t9-,10-/m0/s1. The molecule has 0 unspecified atom stereocenters. The van der Waals surface area contributed by atoms with Crippen LogP contribution in [0, 0.1) is 11.8 Å². The topological polar surface area (TPSA) is 54.4 Å². The summed E-state index contributed by atoms with van der Waals surface area (Å²) in [6.45, 7) is 0. The smallest absolute Gasteiger partial charge is 0.266 e. The SMILES string of the molecule is O=C(N/N=C1/C[C@@H]2C=CC[C@H]12)c1ccccn1. The first-order valence-electron chi connectivity index (χ1n) is 5.79. The number of carbonyl (C=O) groups excluding carboxylic acids is 1. The molecular formula is C13H13N3O. The van der Waals surface area contributed by atoms with Crippen LogP contribution in [-0.2, 0) is 0 Å².